The van der Waals surface area contributed by atoms with E-state index >= 15 is 0 Å². The van der Waals surface area contributed by atoms with E-state index < -0.39 is 16.9 Å². The molecule has 0 radical (unpaired) electrons. The van der Waals surface area contributed by atoms with Gasteiger partial charge in [0, 0.05) is 0 Å². The predicted molar refractivity (Wildman–Crippen MR) is 94.3 cm³/mol. The summed E-state index contributed by atoms with van der Waals surface area (Å²) in [4.78, 5) is 26.8. The van der Waals surface area contributed by atoms with Crippen LogP contribution in [0.15, 0.2) is 42.9 Å². The molecule has 1 amide bonds. The van der Waals surface area contributed by atoms with Gasteiger partial charge in [0.15, 0.2) is 0 Å². The zero-order chi connectivity index (χ0) is 19.4. The number of anilines is 1. The minimum absolute atomic E-state index is 0.136. The van der Waals surface area contributed by atoms with E-state index in [1.807, 2.05) is 30.3 Å². The van der Waals surface area contributed by atoms with Crippen molar-refractivity contribution < 1.29 is 14.5 Å². The number of nitrogens with zero attached hydrogens (tertiary/aromatic N) is 6. The smallest absolute Gasteiger partial charge is 0.350 e. The average molecular weight is 371 g/mol. The van der Waals surface area contributed by atoms with Gasteiger partial charge >= 0.3 is 11.6 Å². The summed E-state index contributed by atoms with van der Waals surface area (Å²) in [6.07, 6.45) is 2.65. The zero-order valence-corrected chi connectivity index (χ0v) is 14.6. The van der Waals surface area contributed by atoms with Crippen LogP contribution in [0.1, 0.15) is 18.5 Å². The molecule has 11 nitrogen and oxygen atoms in total. The van der Waals surface area contributed by atoms with E-state index in [0.717, 1.165) is 16.4 Å². The lowest BCUT2D eigenvalue weighted by Gasteiger charge is -2.10. The van der Waals surface area contributed by atoms with Gasteiger partial charge in [0.2, 0.25) is 5.95 Å². The molecular weight excluding hydrogens is 354 g/mol. The summed E-state index contributed by atoms with van der Waals surface area (Å²) >= 11 is 0. The summed E-state index contributed by atoms with van der Waals surface area (Å²) in [5.74, 6) is -0.492. The van der Waals surface area contributed by atoms with Crippen molar-refractivity contribution in [1.82, 2.24) is 24.5 Å². The fourth-order valence-electron chi connectivity index (χ4n) is 2.37. The molecule has 0 spiro atoms. The second-order valence-electron chi connectivity index (χ2n) is 5.68. The number of rotatable bonds is 7. The molecule has 3 aromatic rings. The SMILES string of the molecule is COc1nn(C(C)C(=O)Nc2ncn(Cc3ccccc3)n2)cc1[N+](=O)[O-]. The van der Waals surface area contributed by atoms with Crippen molar-refractivity contribution in [1.29, 1.82) is 0 Å². The van der Waals surface area contributed by atoms with E-state index in [1.54, 1.807) is 11.6 Å². The van der Waals surface area contributed by atoms with Gasteiger partial charge in [-0.1, -0.05) is 30.3 Å². The van der Waals surface area contributed by atoms with Gasteiger partial charge in [0.25, 0.3) is 5.91 Å². The number of amides is 1. The van der Waals surface area contributed by atoms with Crippen LogP contribution in [0.25, 0.3) is 0 Å². The van der Waals surface area contributed by atoms with Crippen molar-refractivity contribution in [3.05, 3.63) is 58.5 Å². The minimum atomic E-state index is -0.825. The third-order valence-corrected chi connectivity index (χ3v) is 3.81. The Labute approximate surface area is 153 Å². The van der Waals surface area contributed by atoms with Crippen molar-refractivity contribution in [2.45, 2.75) is 19.5 Å². The van der Waals surface area contributed by atoms with Crippen molar-refractivity contribution in [2.24, 2.45) is 0 Å². The molecule has 0 saturated heterocycles. The van der Waals surface area contributed by atoms with Crippen molar-refractivity contribution >= 4 is 17.5 Å². The molecule has 1 aromatic carbocycles. The number of hydrogen-bond acceptors (Lipinski definition) is 7. The van der Waals surface area contributed by atoms with Crippen molar-refractivity contribution in [2.75, 3.05) is 12.4 Å². The Morgan fingerprint density at radius 2 is 2.07 bits per heavy atom. The first-order valence-corrected chi connectivity index (χ1v) is 7.99. The largest absolute Gasteiger partial charge is 0.475 e. The molecule has 2 aromatic heterocycles. The van der Waals surface area contributed by atoms with Crippen molar-refractivity contribution in [3.63, 3.8) is 0 Å². The second-order valence-corrected chi connectivity index (χ2v) is 5.68. The van der Waals surface area contributed by atoms with Crippen LogP contribution in [0.4, 0.5) is 11.6 Å². The average Bonchev–Trinajstić information content (AvgIpc) is 3.28. The monoisotopic (exact) mass is 371 g/mol. The Kier molecular flexibility index (Phi) is 5.11. The van der Waals surface area contributed by atoms with Gasteiger partial charge in [0.05, 0.1) is 18.6 Å². The van der Waals surface area contributed by atoms with E-state index in [9.17, 15) is 14.9 Å². The highest BCUT2D eigenvalue weighted by molar-refractivity contribution is 5.91. The highest BCUT2D eigenvalue weighted by Gasteiger charge is 2.25. The molecule has 0 aliphatic rings. The highest BCUT2D eigenvalue weighted by atomic mass is 16.6. The third kappa shape index (κ3) is 4.08. The van der Waals surface area contributed by atoms with Crippen molar-refractivity contribution in [3.8, 4) is 5.88 Å². The standard InChI is InChI=1S/C16H17N7O4/c1-11(22-9-13(23(25)26)15(19-22)27-2)14(24)18-16-17-10-21(20-16)8-12-6-4-3-5-7-12/h3-7,9-11H,8H2,1-2H3,(H,18,20,24). The molecule has 27 heavy (non-hydrogen) atoms. The molecule has 0 bridgehead atoms. The molecule has 11 heteroatoms. The number of nitro groups is 1. The van der Waals surface area contributed by atoms with Crippen LogP contribution in [0, 0.1) is 10.1 Å². The molecule has 1 unspecified atom stereocenters. The molecule has 1 atom stereocenters. The van der Waals surface area contributed by atoms with Crippen LogP contribution in [0.3, 0.4) is 0 Å². The molecule has 2 heterocycles. The quantitative estimate of drug-likeness (QED) is 0.493. The number of carbonyl (C=O) groups excluding carboxylic acids is 1. The number of benzene rings is 1. The van der Waals surface area contributed by atoms with Gasteiger partial charge in [0.1, 0.15) is 18.6 Å². The zero-order valence-electron chi connectivity index (χ0n) is 14.6. The molecule has 3 rings (SSSR count). The Morgan fingerprint density at radius 3 is 2.70 bits per heavy atom. The van der Waals surface area contributed by atoms with Gasteiger partial charge in [-0.3, -0.25) is 20.2 Å². The number of carbonyl (C=O) groups is 1. The van der Waals surface area contributed by atoms with E-state index in [0.29, 0.717) is 6.54 Å². The summed E-state index contributed by atoms with van der Waals surface area (Å²) < 4.78 is 7.62. The molecule has 140 valence electrons. The maximum absolute atomic E-state index is 12.4. The first-order chi connectivity index (χ1) is 13.0. The first-order valence-electron chi connectivity index (χ1n) is 7.99. The van der Waals surface area contributed by atoms with E-state index in [1.165, 1.54) is 13.4 Å². The second kappa shape index (κ2) is 7.64. The maximum atomic E-state index is 12.4. The Morgan fingerprint density at radius 1 is 1.33 bits per heavy atom. The number of methoxy groups -OCH3 is 1. The fourth-order valence-corrected chi connectivity index (χ4v) is 2.37. The van der Waals surface area contributed by atoms with Gasteiger partial charge < -0.3 is 4.74 Å². The van der Waals surface area contributed by atoms with Crippen LogP contribution in [-0.4, -0.2) is 42.5 Å². The lowest BCUT2D eigenvalue weighted by Crippen LogP contribution is -2.24. The highest BCUT2D eigenvalue weighted by Crippen LogP contribution is 2.26. The Balaban J connectivity index is 1.67. The van der Waals surface area contributed by atoms with Crippen LogP contribution < -0.4 is 10.1 Å². The number of hydrogen-bond donors (Lipinski definition) is 1. The summed E-state index contributed by atoms with van der Waals surface area (Å²) in [5, 5.41) is 21.7. The van der Waals surface area contributed by atoms with E-state index in [-0.39, 0.29) is 17.5 Å². The summed E-state index contributed by atoms with van der Waals surface area (Å²) in [6, 6.07) is 8.86. The number of nitrogens with one attached hydrogen (secondary N) is 1. The van der Waals surface area contributed by atoms with Crippen LogP contribution >= 0.6 is 0 Å². The summed E-state index contributed by atoms with van der Waals surface area (Å²) in [7, 11) is 1.27. The van der Waals surface area contributed by atoms with Crippen LogP contribution in [-0.2, 0) is 11.3 Å². The van der Waals surface area contributed by atoms with Gasteiger partial charge in [-0.2, -0.15) is 0 Å². The third-order valence-electron chi connectivity index (χ3n) is 3.81. The molecule has 1 N–H and O–H groups in total. The number of aromatic nitrogens is 5. The normalized spacial score (nSPS) is 11.8. The van der Waals surface area contributed by atoms with Gasteiger partial charge in [-0.05, 0) is 12.5 Å². The van der Waals surface area contributed by atoms with E-state index in [4.69, 9.17) is 4.74 Å². The lowest BCUT2D eigenvalue weighted by molar-refractivity contribution is -0.385. The van der Waals surface area contributed by atoms with Crippen LogP contribution in [0.2, 0.25) is 0 Å². The number of ether oxygens (including phenoxy) is 1. The molecular formula is C16H17N7O4. The van der Waals surface area contributed by atoms with Gasteiger partial charge in [-0.25, -0.2) is 14.3 Å². The topological polar surface area (TPSA) is 130 Å². The maximum Gasteiger partial charge on any atom is 0.350 e. The molecule has 0 saturated carbocycles. The van der Waals surface area contributed by atoms with Crippen LogP contribution in [0.5, 0.6) is 5.88 Å². The Bertz CT molecular complexity index is 951. The van der Waals surface area contributed by atoms with E-state index in [2.05, 4.69) is 20.5 Å². The minimum Gasteiger partial charge on any atom is -0.475 e. The van der Waals surface area contributed by atoms with Gasteiger partial charge in [-0.15, -0.1) is 10.2 Å². The summed E-state index contributed by atoms with van der Waals surface area (Å²) in [5.41, 5.74) is 0.729. The summed E-state index contributed by atoms with van der Waals surface area (Å²) in [6.45, 7) is 2.06. The molecule has 0 aliphatic carbocycles. The predicted octanol–water partition coefficient (Wildman–Crippen LogP) is 1.64. The molecule has 0 fully saturated rings. The fraction of sp³-hybridized carbons (Fsp3) is 0.250. The Hall–Kier alpha value is -3.76. The molecule has 0 aliphatic heterocycles. The lowest BCUT2D eigenvalue weighted by atomic mass is 10.2. The first kappa shape index (κ1) is 18.0.